The van der Waals surface area contributed by atoms with Gasteiger partial charge in [0.15, 0.2) is 0 Å². The normalized spacial score (nSPS) is 12.6. The van der Waals surface area contributed by atoms with E-state index in [1.54, 1.807) is 0 Å². The summed E-state index contributed by atoms with van der Waals surface area (Å²) in [6.45, 7) is 4.73. The first kappa shape index (κ1) is 14.1. The molecule has 0 aliphatic carbocycles. The van der Waals surface area contributed by atoms with Crippen LogP contribution in [0.25, 0.3) is 0 Å². The lowest BCUT2D eigenvalue weighted by Gasteiger charge is -2.19. The third-order valence-corrected chi connectivity index (χ3v) is 3.57. The minimum Gasteiger partial charge on any atom is -0.331 e. The Morgan fingerprint density at radius 3 is 2.47 bits per heavy atom. The minimum absolute atomic E-state index is 0.354. The number of nitrogens with two attached hydrogens (primary N) is 1. The van der Waals surface area contributed by atoms with Crippen molar-refractivity contribution in [3.05, 3.63) is 52.6 Å². The van der Waals surface area contributed by atoms with Gasteiger partial charge in [0.1, 0.15) is 5.82 Å². The first-order valence-electron chi connectivity index (χ1n) is 6.56. The SMILES string of the molecule is Cc1cn(C(CCN)Cc2ccc(Cl)cc2)c(C)n1. The van der Waals surface area contributed by atoms with E-state index in [0.717, 1.165) is 29.4 Å². The Kier molecular flexibility index (Phi) is 4.61. The topological polar surface area (TPSA) is 43.8 Å². The van der Waals surface area contributed by atoms with Crippen molar-refractivity contribution in [2.24, 2.45) is 5.73 Å². The second kappa shape index (κ2) is 6.22. The molecule has 0 fully saturated rings. The zero-order chi connectivity index (χ0) is 13.8. The van der Waals surface area contributed by atoms with Gasteiger partial charge >= 0.3 is 0 Å². The van der Waals surface area contributed by atoms with Gasteiger partial charge in [0.05, 0.1) is 5.69 Å². The molecule has 1 unspecified atom stereocenters. The van der Waals surface area contributed by atoms with Crippen molar-refractivity contribution in [1.29, 1.82) is 0 Å². The first-order chi connectivity index (χ1) is 9.10. The van der Waals surface area contributed by atoms with Gasteiger partial charge in [-0.05, 0) is 50.9 Å². The Morgan fingerprint density at radius 2 is 1.95 bits per heavy atom. The fourth-order valence-corrected chi connectivity index (χ4v) is 2.56. The van der Waals surface area contributed by atoms with Crippen LogP contribution in [0.2, 0.25) is 5.02 Å². The van der Waals surface area contributed by atoms with Crippen LogP contribution in [0, 0.1) is 13.8 Å². The molecule has 0 saturated carbocycles. The highest BCUT2D eigenvalue weighted by molar-refractivity contribution is 6.30. The van der Waals surface area contributed by atoms with Crippen LogP contribution in [0.4, 0.5) is 0 Å². The summed E-state index contributed by atoms with van der Waals surface area (Å²) in [6, 6.07) is 8.37. The van der Waals surface area contributed by atoms with Gasteiger partial charge in [-0.1, -0.05) is 23.7 Å². The quantitative estimate of drug-likeness (QED) is 0.911. The minimum atomic E-state index is 0.354. The summed E-state index contributed by atoms with van der Waals surface area (Å²) in [7, 11) is 0. The number of rotatable bonds is 5. The maximum absolute atomic E-state index is 5.92. The summed E-state index contributed by atoms with van der Waals surface area (Å²) >= 11 is 5.92. The van der Waals surface area contributed by atoms with Crippen LogP contribution >= 0.6 is 11.6 Å². The largest absolute Gasteiger partial charge is 0.331 e. The zero-order valence-electron chi connectivity index (χ0n) is 11.4. The van der Waals surface area contributed by atoms with Crippen molar-refractivity contribution in [1.82, 2.24) is 9.55 Å². The molecule has 102 valence electrons. The molecule has 1 aromatic carbocycles. The van der Waals surface area contributed by atoms with E-state index >= 15 is 0 Å². The van der Waals surface area contributed by atoms with E-state index in [1.807, 2.05) is 26.0 Å². The fourth-order valence-electron chi connectivity index (χ4n) is 2.43. The number of imidazole rings is 1. The summed E-state index contributed by atoms with van der Waals surface area (Å²) in [5, 5.41) is 0.772. The second-order valence-electron chi connectivity index (χ2n) is 4.90. The Bertz CT molecular complexity index is 531. The highest BCUT2D eigenvalue weighted by atomic mass is 35.5. The van der Waals surface area contributed by atoms with Gasteiger partial charge in [0, 0.05) is 17.3 Å². The number of hydrogen-bond acceptors (Lipinski definition) is 2. The lowest BCUT2D eigenvalue weighted by Crippen LogP contribution is -2.17. The second-order valence-corrected chi connectivity index (χ2v) is 5.33. The number of aryl methyl sites for hydroxylation is 2. The number of hydrogen-bond donors (Lipinski definition) is 1. The van der Waals surface area contributed by atoms with E-state index in [0.29, 0.717) is 12.6 Å². The van der Waals surface area contributed by atoms with Crippen LogP contribution in [-0.2, 0) is 6.42 Å². The van der Waals surface area contributed by atoms with Crippen molar-refractivity contribution in [2.45, 2.75) is 32.7 Å². The molecule has 19 heavy (non-hydrogen) atoms. The van der Waals surface area contributed by atoms with Crippen molar-refractivity contribution >= 4 is 11.6 Å². The Labute approximate surface area is 119 Å². The summed E-state index contributed by atoms with van der Waals surface area (Å²) in [5.74, 6) is 1.05. The Balaban J connectivity index is 2.20. The smallest absolute Gasteiger partial charge is 0.106 e. The molecular formula is C15H20ClN3. The molecule has 2 N–H and O–H groups in total. The van der Waals surface area contributed by atoms with E-state index < -0.39 is 0 Å². The maximum atomic E-state index is 5.92. The molecule has 0 bridgehead atoms. The third-order valence-electron chi connectivity index (χ3n) is 3.32. The van der Waals surface area contributed by atoms with Gasteiger partial charge in [-0.3, -0.25) is 0 Å². The number of nitrogens with zero attached hydrogens (tertiary/aromatic N) is 2. The van der Waals surface area contributed by atoms with Gasteiger partial charge in [-0.25, -0.2) is 4.98 Å². The van der Waals surface area contributed by atoms with Gasteiger partial charge in [-0.15, -0.1) is 0 Å². The highest BCUT2D eigenvalue weighted by Crippen LogP contribution is 2.21. The van der Waals surface area contributed by atoms with Crippen molar-refractivity contribution in [3.63, 3.8) is 0 Å². The molecule has 1 aromatic heterocycles. The molecule has 1 heterocycles. The van der Waals surface area contributed by atoms with Crippen LogP contribution in [0.1, 0.15) is 29.5 Å². The van der Waals surface area contributed by atoms with Crippen LogP contribution in [0.15, 0.2) is 30.5 Å². The van der Waals surface area contributed by atoms with Crippen molar-refractivity contribution in [3.8, 4) is 0 Å². The molecule has 0 saturated heterocycles. The molecule has 1 atom stereocenters. The van der Waals surface area contributed by atoms with E-state index in [9.17, 15) is 0 Å². The molecule has 4 heteroatoms. The summed E-state index contributed by atoms with van der Waals surface area (Å²) in [6.07, 6.45) is 4.00. The number of halogens is 1. The lowest BCUT2D eigenvalue weighted by atomic mass is 10.0. The molecule has 2 aromatic rings. The van der Waals surface area contributed by atoms with Crippen LogP contribution < -0.4 is 5.73 Å². The molecular weight excluding hydrogens is 258 g/mol. The summed E-state index contributed by atoms with van der Waals surface area (Å²) < 4.78 is 2.23. The van der Waals surface area contributed by atoms with Gasteiger partial charge in [0.2, 0.25) is 0 Å². The van der Waals surface area contributed by atoms with E-state index in [1.165, 1.54) is 5.56 Å². The molecule has 0 aliphatic rings. The summed E-state index contributed by atoms with van der Waals surface area (Å²) in [5.41, 5.74) is 8.07. The van der Waals surface area contributed by atoms with Crippen molar-refractivity contribution < 1.29 is 0 Å². The fraction of sp³-hybridized carbons (Fsp3) is 0.400. The highest BCUT2D eigenvalue weighted by Gasteiger charge is 2.14. The lowest BCUT2D eigenvalue weighted by molar-refractivity contribution is 0.460. The zero-order valence-corrected chi connectivity index (χ0v) is 12.2. The molecule has 2 rings (SSSR count). The summed E-state index contributed by atoms with van der Waals surface area (Å²) in [4.78, 5) is 4.47. The first-order valence-corrected chi connectivity index (χ1v) is 6.94. The van der Waals surface area contributed by atoms with E-state index in [4.69, 9.17) is 17.3 Å². The predicted octanol–water partition coefficient (Wildman–Crippen LogP) is 3.29. The Hall–Kier alpha value is -1.32. The van der Waals surface area contributed by atoms with Gasteiger partial charge < -0.3 is 10.3 Å². The average molecular weight is 278 g/mol. The molecule has 0 aliphatic heterocycles. The maximum Gasteiger partial charge on any atom is 0.106 e. The Morgan fingerprint density at radius 1 is 1.26 bits per heavy atom. The van der Waals surface area contributed by atoms with Crippen molar-refractivity contribution in [2.75, 3.05) is 6.54 Å². The van der Waals surface area contributed by atoms with E-state index in [-0.39, 0.29) is 0 Å². The van der Waals surface area contributed by atoms with Crippen LogP contribution in [0.3, 0.4) is 0 Å². The molecule has 0 radical (unpaired) electrons. The van der Waals surface area contributed by atoms with Gasteiger partial charge in [-0.2, -0.15) is 0 Å². The molecule has 3 nitrogen and oxygen atoms in total. The number of benzene rings is 1. The monoisotopic (exact) mass is 277 g/mol. The third kappa shape index (κ3) is 3.58. The number of aromatic nitrogens is 2. The van der Waals surface area contributed by atoms with E-state index in [2.05, 4.69) is 27.9 Å². The average Bonchev–Trinajstić information content (AvgIpc) is 2.71. The molecule has 0 amide bonds. The van der Waals surface area contributed by atoms with Gasteiger partial charge in [0.25, 0.3) is 0 Å². The predicted molar refractivity (Wildman–Crippen MR) is 79.6 cm³/mol. The van der Waals surface area contributed by atoms with Crippen LogP contribution in [0.5, 0.6) is 0 Å². The standard InChI is InChI=1S/C15H20ClN3/c1-11-10-19(12(2)18-11)15(7-8-17)9-13-3-5-14(16)6-4-13/h3-6,10,15H,7-9,17H2,1-2H3. The molecule has 0 spiro atoms. The van der Waals surface area contributed by atoms with Crippen LogP contribution in [-0.4, -0.2) is 16.1 Å².